The number of halogens is 1. The molecule has 1 aromatic heterocycles. The second-order valence-corrected chi connectivity index (χ2v) is 10.9. The van der Waals surface area contributed by atoms with E-state index in [0.717, 1.165) is 4.90 Å². The molecule has 40 heavy (non-hydrogen) atoms. The van der Waals surface area contributed by atoms with E-state index in [4.69, 9.17) is 4.74 Å². The first-order chi connectivity index (χ1) is 19.0. The van der Waals surface area contributed by atoms with Gasteiger partial charge in [0.25, 0.3) is 11.5 Å². The van der Waals surface area contributed by atoms with Crippen molar-refractivity contribution in [3.8, 4) is 5.75 Å². The van der Waals surface area contributed by atoms with Crippen LogP contribution in [0.25, 0.3) is 0 Å². The lowest BCUT2D eigenvalue weighted by Crippen LogP contribution is -2.59. The molecule has 0 atom stereocenters. The van der Waals surface area contributed by atoms with Crippen molar-refractivity contribution in [2.45, 2.75) is 49.9 Å². The highest BCUT2D eigenvalue weighted by molar-refractivity contribution is 6.35. The minimum absolute atomic E-state index is 0.0119. The molecule has 4 heterocycles. The highest BCUT2D eigenvalue weighted by Gasteiger charge is 2.54. The normalized spacial score (nSPS) is 24.1. The van der Waals surface area contributed by atoms with Crippen molar-refractivity contribution in [1.29, 1.82) is 0 Å². The molecule has 214 valence electrons. The number of nitrogens with zero attached hydrogens (tertiary/aromatic N) is 4. The highest BCUT2D eigenvalue weighted by atomic mass is 19.1. The van der Waals surface area contributed by atoms with Crippen molar-refractivity contribution in [3.63, 3.8) is 0 Å². The smallest absolute Gasteiger partial charge is 0.311 e. The van der Waals surface area contributed by atoms with E-state index in [-0.39, 0.29) is 18.9 Å². The number of aromatic nitrogens is 2. The van der Waals surface area contributed by atoms with Crippen LogP contribution < -0.4 is 16.2 Å². The van der Waals surface area contributed by atoms with E-state index in [1.807, 2.05) is 0 Å². The zero-order chi connectivity index (χ0) is 28.7. The number of hydrogen-bond acceptors (Lipinski definition) is 8. The number of likely N-dealkylation sites (N-methyl/N-ethyl adjacent to an activating group) is 1. The van der Waals surface area contributed by atoms with Crippen LogP contribution in [0, 0.1) is 5.82 Å². The van der Waals surface area contributed by atoms with Crippen LogP contribution in [-0.2, 0) is 33.0 Å². The first-order valence-corrected chi connectivity index (χ1v) is 13.3. The van der Waals surface area contributed by atoms with Crippen molar-refractivity contribution in [2.24, 2.45) is 0 Å². The molecule has 1 saturated heterocycles. The quantitative estimate of drug-likeness (QED) is 0.439. The summed E-state index contributed by atoms with van der Waals surface area (Å²) in [5, 5.41) is 16.3. The van der Waals surface area contributed by atoms with Crippen molar-refractivity contribution in [2.75, 3.05) is 40.4 Å². The summed E-state index contributed by atoms with van der Waals surface area (Å²) in [4.78, 5) is 60.2. The van der Waals surface area contributed by atoms with Crippen LogP contribution in [0.2, 0.25) is 0 Å². The molecular formula is C27H33FN6O6. The fourth-order valence-electron chi connectivity index (χ4n) is 6.01. The average molecular weight is 557 g/mol. The number of hydrogen-bond donors (Lipinski definition) is 3. The van der Waals surface area contributed by atoms with Gasteiger partial charge in [-0.1, -0.05) is 12.1 Å². The molecule has 12 nitrogen and oxygen atoms in total. The lowest BCUT2D eigenvalue weighted by molar-refractivity contribution is -0.145. The number of nitrogens with one attached hydrogen (secondary N) is 2. The SMILES string of the molecule is CN(C)C(=O)C(=O)NC12CCC(N3CCOCC3)(CC1)Cn1c2nc(C(=O)NCc2ccc(F)cc2)c(O)c1=O. The third kappa shape index (κ3) is 4.94. The van der Waals surface area contributed by atoms with Crippen LogP contribution in [-0.4, -0.2) is 88.1 Å². The number of fused-ring (bicyclic) bond motifs is 2. The standard InChI is InChI=1S/C27H33FN6O6/c1-32(2)24(39)22(37)31-27-9-7-26(8-10-27,33-11-13-40-14-12-33)16-34-23(38)20(35)19(30-25(27)34)21(36)29-15-17-3-5-18(28)6-4-17/h3-6,35H,7-16H2,1-2H3,(H,29,36)(H,31,37). The summed E-state index contributed by atoms with van der Waals surface area (Å²) in [7, 11) is 2.94. The summed E-state index contributed by atoms with van der Waals surface area (Å²) >= 11 is 0. The molecule has 4 aliphatic rings. The molecule has 1 aromatic carbocycles. The second-order valence-electron chi connectivity index (χ2n) is 10.9. The van der Waals surface area contributed by atoms with Crippen molar-refractivity contribution < 1.29 is 28.6 Å². The van der Waals surface area contributed by atoms with E-state index in [9.17, 15) is 28.7 Å². The van der Waals surface area contributed by atoms with Crippen LogP contribution in [0.15, 0.2) is 29.1 Å². The number of aromatic hydroxyl groups is 1. The van der Waals surface area contributed by atoms with Gasteiger partial charge >= 0.3 is 11.8 Å². The third-order valence-corrected chi connectivity index (χ3v) is 8.28. The maximum atomic E-state index is 13.6. The van der Waals surface area contributed by atoms with Crippen molar-refractivity contribution >= 4 is 17.7 Å². The fourth-order valence-corrected chi connectivity index (χ4v) is 6.01. The number of morpholine rings is 1. The van der Waals surface area contributed by atoms with Crippen LogP contribution in [0.5, 0.6) is 5.75 Å². The Labute approximate surface area is 230 Å². The van der Waals surface area contributed by atoms with Gasteiger partial charge in [-0.3, -0.25) is 28.6 Å². The highest BCUT2D eigenvalue weighted by Crippen LogP contribution is 2.47. The summed E-state index contributed by atoms with van der Waals surface area (Å²) < 4.78 is 20.1. The van der Waals surface area contributed by atoms with Gasteiger partial charge in [-0.15, -0.1) is 0 Å². The largest absolute Gasteiger partial charge is 0.501 e. The fraction of sp³-hybridized carbons (Fsp3) is 0.519. The Morgan fingerprint density at radius 1 is 1.10 bits per heavy atom. The van der Waals surface area contributed by atoms with E-state index in [0.29, 0.717) is 57.6 Å². The molecule has 0 spiro atoms. The van der Waals surface area contributed by atoms with E-state index in [1.165, 1.54) is 42.9 Å². The molecule has 6 rings (SSSR count). The first-order valence-electron chi connectivity index (χ1n) is 13.3. The van der Waals surface area contributed by atoms with E-state index in [1.54, 1.807) is 0 Å². The molecule has 3 aliphatic heterocycles. The summed E-state index contributed by atoms with van der Waals surface area (Å²) in [5.41, 5.74) is -2.31. The van der Waals surface area contributed by atoms with Crippen LogP contribution in [0.4, 0.5) is 4.39 Å². The number of amides is 3. The zero-order valence-corrected chi connectivity index (χ0v) is 22.5. The number of carbonyl (C=O) groups is 3. The van der Waals surface area contributed by atoms with E-state index in [2.05, 4.69) is 20.5 Å². The summed E-state index contributed by atoms with van der Waals surface area (Å²) in [6, 6.07) is 5.53. The van der Waals surface area contributed by atoms with Gasteiger partial charge in [-0.25, -0.2) is 9.37 Å². The predicted molar refractivity (Wildman–Crippen MR) is 140 cm³/mol. The molecule has 0 radical (unpaired) electrons. The summed E-state index contributed by atoms with van der Waals surface area (Å²) in [5.74, 6) is -3.48. The van der Waals surface area contributed by atoms with Gasteiger partial charge in [-0.2, -0.15) is 0 Å². The first kappa shape index (κ1) is 27.7. The number of rotatable bonds is 5. The van der Waals surface area contributed by atoms with Crippen molar-refractivity contribution in [3.05, 3.63) is 57.5 Å². The monoisotopic (exact) mass is 556 g/mol. The molecule has 1 aliphatic carbocycles. The second kappa shape index (κ2) is 10.6. The average Bonchev–Trinajstić information content (AvgIpc) is 3.18. The molecule has 2 fully saturated rings. The van der Waals surface area contributed by atoms with Gasteiger partial charge < -0.3 is 25.4 Å². The van der Waals surface area contributed by atoms with Crippen LogP contribution in [0.1, 0.15) is 47.6 Å². The number of benzene rings is 1. The van der Waals surface area contributed by atoms with Gasteiger partial charge in [0.1, 0.15) is 11.6 Å². The lowest BCUT2D eigenvalue weighted by Gasteiger charge is -2.49. The van der Waals surface area contributed by atoms with Gasteiger partial charge in [0.2, 0.25) is 5.75 Å². The van der Waals surface area contributed by atoms with E-state index < -0.39 is 51.6 Å². The Bertz CT molecular complexity index is 1380. The van der Waals surface area contributed by atoms with Gasteiger partial charge in [0.05, 0.1) is 18.8 Å². The maximum Gasteiger partial charge on any atom is 0.311 e. The molecule has 2 aromatic rings. The minimum Gasteiger partial charge on any atom is -0.501 e. The topological polar surface area (TPSA) is 146 Å². The maximum absolute atomic E-state index is 13.6. The molecule has 1 saturated carbocycles. The van der Waals surface area contributed by atoms with Gasteiger partial charge in [0.15, 0.2) is 5.69 Å². The van der Waals surface area contributed by atoms with Gasteiger partial charge in [0, 0.05) is 45.8 Å². The Morgan fingerprint density at radius 3 is 2.38 bits per heavy atom. The molecular weight excluding hydrogens is 523 g/mol. The minimum atomic E-state index is -1.20. The number of carbonyl (C=O) groups excluding carboxylic acids is 3. The third-order valence-electron chi connectivity index (χ3n) is 8.28. The van der Waals surface area contributed by atoms with E-state index >= 15 is 0 Å². The molecule has 3 amide bonds. The Kier molecular flexibility index (Phi) is 7.36. The summed E-state index contributed by atoms with van der Waals surface area (Å²) in [6.07, 6.45) is 1.95. The predicted octanol–water partition coefficient (Wildman–Crippen LogP) is 0.0763. The Morgan fingerprint density at radius 2 is 1.75 bits per heavy atom. The van der Waals surface area contributed by atoms with Crippen LogP contribution in [0.3, 0.4) is 0 Å². The van der Waals surface area contributed by atoms with Crippen LogP contribution >= 0.6 is 0 Å². The number of ether oxygens (including phenoxy) is 1. The molecule has 2 bridgehead atoms. The summed E-state index contributed by atoms with van der Waals surface area (Å²) in [6.45, 7) is 2.67. The Balaban J connectivity index is 1.55. The molecule has 0 unspecified atom stereocenters. The van der Waals surface area contributed by atoms with Gasteiger partial charge in [-0.05, 0) is 43.4 Å². The molecule has 3 N–H and O–H groups in total. The van der Waals surface area contributed by atoms with Crippen molar-refractivity contribution in [1.82, 2.24) is 30.0 Å². The molecule has 13 heteroatoms. The zero-order valence-electron chi connectivity index (χ0n) is 22.5. The Hall–Kier alpha value is -3.84. The lowest BCUT2D eigenvalue weighted by atomic mass is 9.72.